The molecule has 2 heterocycles. The summed E-state index contributed by atoms with van der Waals surface area (Å²) in [6, 6.07) is 0.735. The van der Waals surface area contributed by atoms with Crippen molar-refractivity contribution in [3.05, 3.63) is 33.8 Å². The van der Waals surface area contributed by atoms with Crippen LogP contribution in [0.1, 0.15) is 30.8 Å². The first-order valence-corrected chi connectivity index (χ1v) is 6.85. The number of rotatable bonds is 5. The van der Waals surface area contributed by atoms with Gasteiger partial charge in [-0.15, -0.1) is 0 Å². The van der Waals surface area contributed by atoms with Gasteiger partial charge in [0.25, 0.3) is 5.91 Å². The number of carbonyl (C=O) groups is 1. The van der Waals surface area contributed by atoms with Gasteiger partial charge in [-0.05, 0) is 25.2 Å². The Morgan fingerprint density at radius 1 is 1.50 bits per heavy atom. The Labute approximate surface area is 127 Å². The summed E-state index contributed by atoms with van der Waals surface area (Å²) in [5, 5.41) is 21.6. The Morgan fingerprint density at radius 2 is 2.18 bits per heavy atom. The van der Waals surface area contributed by atoms with Gasteiger partial charge in [0, 0.05) is 7.05 Å². The predicted octanol–water partition coefficient (Wildman–Crippen LogP) is 1.73. The minimum atomic E-state index is -0.617. The van der Waals surface area contributed by atoms with Gasteiger partial charge in [-0.25, -0.2) is 0 Å². The number of amides is 1. The van der Waals surface area contributed by atoms with Gasteiger partial charge in [0.2, 0.25) is 0 Å². The van der Waals surface area contributed by atoms with E-state index in [-0.39, 0.29) is 11.7 Å². The molecular formula is C13H18N6O3. The van der Waals surface area contributed by atoms with E-state index in [0.717, 1.165) is 5.69 Å². The van der Waals surface area contributed by atoms with Gasteiger partial charge in [-0.2, -0.15) is 9.78 Å². The summed E-state index contributed by atoms with van der Waals surface area (Å²) in [7, 11) is 1.78. The molecule has 22 heavy (non-hydrogen) atoms. The molecular weight excluding hydrogens is 288 g/mol. The van der Waals surface area contributed by atoms with Crippen molar-refractivity contribution in [1.29, 1.82) is 0 Å². The van der Waals surface area contributed by atoms with E-state index in [1.807, 2.05) is 13.8 Å². The van der Waals surface area contributed by atoms with Gasteiger partial charge in [0.15, 0.2) is 6.04 Å². The molecule has 0 aliphatic rings. The number of hydrogen-bond donors (Lipinski definition) is 1. The van der Waals surface area contributed by atoms with Crippen LogP contribution in [0.2, 0.25) is 0 Å². The highest BCUT2D eigenvalue weighted by molar-refractivity contribution is 5.94. The van der Waals surface area contributed by atoms with Crippen LogP contribution in [0.15, 0.2) is 12.3 Å². The fraction of sp³-hybridized carbons (Fsp3) is 0.462. The molecule has 2 aromatic rings. The zero-order valence-electron chi connectivity index (χ0n) is 12.9. The van der Waals surface area contributed by atoms with Crippen LogP contribution < -0.4 is 5.32 Å². The lowest BCUT2D eigenvalue weighted by Gasteiger charge is -2.14. The van der Waals surface area contributed by atoms with E-state index in [9.17, 15) is 14.9 Å². The maximum atomic E-state index is 12.5. The second kappa shape index (κ2) is 5.96. The van der Waals surface area contributed by atoms with Crippen LogP contribution in [0.25, 0.3) is 0 Å². The Bertz CT molecular complexity index is 717. The monoisotopic (exact) mass is 306 g/mol. The Balaban J connectivity index is 2.26. The quantitative estimate of drug-likeness (QED) is 0.668. The number of nitrogens with one attached hydrogen (secondary N) is 1. The minimum absolute atomic E-state index is 0.263. The van der Waals surface area contributed by atoms with Gasteiger partial charge in [0.1, 0.15) is 0 Å². The Kier molecular flexibility index (Phi) is 4.25. The molecule has 9 heteroatoms. The first-order chi connectivity index (χ1) is 10.3. The number of anilines is 1. The largest absolute Gasteiger partial charge is 0.390 e. The van der Waals surface area contributed by atoms with Gasteiger partial charge >= 0.3 is 5.82 Å². The molecule has 0 spiro atoms. The molecule has 0 aromatic carbocycles. The van der Waals surface area contributed by atoms with E-state index >= 15 is 0 Å². The average Bonchev–Trinajstić information content (AvgIpc) is 2.98. The first kappa shape index (κ1) is 15.7. The average molecular weight is 306 g/mol. The van der Waals surface area contributed by atoms with Crippen molar-refractivity contribution in [2.45, 2.75) is 33.2 Å². The molecule has 2 aromatic heterocycles. The van der Waals surface area contributed by atoms with Gasteiger partial charge in [0.05, 0.1) is 34.4 Å². The summed E-state index contributed by atoms with van der Waals surface area (Å²) in [5.74, 6) is -0.541. The molecule has 1 atom stereocenters. The van der Waals surface area contributed by atoms with Crippen LogP contribution in [0.5, 0.6) is 0 Å². The molecule has 0 saturated heterocycles. The Morgan fingerprint density at radius 3 is 2.64 bits per heavy atom. The van der Waals surface area contributed by atoms with Crippen LogP contribution >= 0.6 is 0 Å². The van der Waals surface area contributed by atoms with E-state index in [1.165, 1.54) is 10.7 Å². The summed E-state index contributed by atoms with van der Waals surface area (Å²) in [4.78, 5) is 22.7. The van der Waals surface area contributed by atoms with Crippen LogP contribution in [-0.2, 0) is 11.8 Å². The van der Waals surface area contributed by atoms with Gasteiger partial charge in [-0.3, -0.25) is 9.48 Å². The third-order valence-electron chi connectivity index (χ3n) is 3.57. The standard InChI is InChI=1S/C13H18N6O3/c1-5-11(18-8(2)6-12(16-18)19(21)22)13(20)15-10-7-14-17(4)9(10)3/h6-7,11H,5H2,1-4H3,(H,15,20). The smallest absolute Gasteiger partial charge is 0.358 e. The summed E-state index contributed by atoms with van der Waals surface area (Å²) >= 11 is 0. The van der Waals surface area contributed by atoms with Crippen molar-refractivity contribution < 1.29 is 9.72 Å². The number of carbonyl (C=O) groups excluding carboxylic acids is 1. The second-order valence-electron chi connectivity index (χ2n) is 5.03. The molecule has 118 valence electrons. The Hall–Kier alpha value is -2.71. The van der Waals surface area contributed by atoms with E-state index in [2.05, 4.69) is 15.5 Å². The van der Waals surface area contributed by atoms with Crippen LogP contribution in [0, 0.1) is 24.0 Å². The number of nitro groups is 1. The summed E-state index contributed by atoms with van der Waals surface area (Å²) in [6.07, 6.45) is 2.03. The number of aryl methyl sites for hydroxylation is 2. The molecule has 0 saturated carbocycles. The maximum absolute atomic E-state index is 12.5. The van der Waals surface area contributed by atoms with Crippen molar-refractivity contribution in [3.63, 3.8) is 0 Å². The van der Waals surface area contributed by atoms with E-state index in [4.69, 9.17) is 0 Å². The highest BCUT2D eigenvalue weighted by Gasteiger charge is 2.27. The highest BCUT2D eigenvalue weighted by atomic mass is 16.6. The minimum Gasteiger partial charge on any atom is -0.358 e. The molecule has 0 aliphatic heterocycles. The molecule has 1 amide bonds. The third-order valence-corrected chi connectivity index (χ3v) is 3.57. The lowest BCUT2D eigenvalue weighted by molar-refractivity contribution is -0.389. The maximum Gasteiger partial charge on any atom is 0.390 e. The van der Waals surface area contributed by atoms with Gasteiger partial charge < -0.3 is 15.4 Å². The summed E-state index contributed by atoms with van der Waals surface area (Å²) < 4.78 is 3.04. The third kappa shape index (κ3) is 2.83. The lowest BCUT2D eigenvalue weighted by atomic mass is 10.2. The molecule has 0 fully saturated rings. The fourth-order valence-corrected chi connectivity index (χ4v) is 2.18. The van der Waals surface area contributed by atoms with Crippen LogP contribution in [0.3, 0.4) is 0 Å². The molecule has 0 bridgehead atoms. The summed E-state index contributed by atoms with van der Waals surface area (Å²) in [6.45, 7) is 5.35. The van der Waals surface area contributed by atoms with E-state index in [0.29, 0.717) is 17.8 Å². The van der Waals surface area contributed by atoms with Crippen molar-refractivity contribution in [3.8, 4) is 0 Å². The normalized spacial score (nSPS) is 12.2. The number of nitrogens with zero attached hydrogens (tertiary/aromatic N) is 5. The zero-order valence-corrected chi connectivity index (χ0v) is 12.9. The van der Waals surface area contributed by atoms with Crippen molar-refractivity contribution in [2.24, 2.45) is 7.05 Å². The van der Waals surface area contributed by atoms with Crippen molar-refractivity contribution in [1.82, 2.24) is 19.6 Å². The lowest BCUT2D eigenvalue weighted by Crippen LogP contribution is -2.27. The number of hydrogen-bond acceptors (Lipinski definition) is 5. The van der Waals surface area contributed by atoms with Gasteiger partial charge in [-0.1, -0.05) is 6.92 Å². The summed E-state index contributed by atoms with van der Waals surface area (Å²) in [5.41, 5.74) is 2.01. The number of aromatic nitrogens is 4. The topological polar surface area (TPSA) is 108 Å². The zero-order chi connectivity index (χ0) is 16.4. The van der Waals surface area contributed by atoms with E-state index < -0.39 is 11.0 Å². The SMILES string of the molecule is CCC(C(=O)Nc1cnn(C)c1C)n1nc([N+](=O)[O-])cc1C. The first-order valence-electron chi connectivity index (χ1n) is 6.85. The predicted molar refractivity (Wildman–Crippen MR) is 79.5 cm³/mol. The highest BCUT2D eigenvalue weighted by Crippen LogP contribution is 2.21. The molecule has 0 aliphatic carbocycles. The van der Waals surface area contributed by atoms with Crippen molar-refractivity contribution in [2.75, 3.05) is 5.32 Å². The molecule has 0 radical (unpaired) electrons. The second-order valence-corrected chi connectivity index (χ2v) is 5.03. The molecule has 9 nitrogen and oxygen atoms in total. The van der Waals surface area contributed by atoms with E-state index in [1.54, 1.807) is 24.9 Å². The van der Waals surface area contributed by atoms with Crippen molar-refractivity contribution >= 4 is 17.4 Å². The molecule has 1 unspecified atom stereocenters. The van der Waals surface area contributed by atoms with Crippen LogP contribution in [-0.4, -0.2) is 30.4 Å². The molecule has 2 rings (SSSR count). The molecule has 1 N–H and O–H groups in total. The van der Waals surface area contributed by atoms with Crippen LogP contribution in [0.4, 0.5) is 11.5 Å². The fourth-order valence-electron chi connectivity index (χ4n) is 2.18.